The highest BCUT2D eigenvalue weighted by molar-refractivity contribution is 4.85. The van der Waals surface area contributed by atoms with Crippen molar-refractivity contribution in [3.8, 4) is 0 Å². The molecule has 4 atom stereocenters. The Morgan fingerprint density at radius 1 is 0.682 bits per heavy atom. The Balaban J connectivity index is 1.79. The molecule has 4 unspecified atom stereocenters. The molecule has 0 aromatic rings. The molecule has 0 heterocycles. The van der Waals surface area contributed by atoms with Gasteiger partial charge in [0, 0.05) is 0 Å². The molecule has 1 heteroatoms. The van der Waals surface area contributed by atoms with Crippen LogP contribution in [0.5, 0.6) is 0 Å². The van der Waals surface area contributed by atoms with E-state index in [9.17, 15) is 5.11 Å². The molecule has 0 aromatic carbocycles. The molecule has 22 heavy (non-hydrogen) atoms. The third-order valence-electron chi connectivity index (χ3n) is 7.71. The summed E-state index contributed by atoms with van der Waals surface area (Å²) in [5.74, 6) is 5.77. The third-order valence-corrected chi connectivity index (χ3v) is 7.71. The molecule has 0 aliphatic heterocycles. The van der Waals surface area contributed by atoms with Gasteiger partial charge in [-0.2, -0.15) is 0 Å². The standard InChI is InChI=1S/C21H40O/c1-14-6-8-20(9-7-14)21-12-10-19(11-13-21)17(4)15(2)16(3)18(5)22/h14-22H,6-13H2,1-5H3. The number of aliphatic hydroxyl groups is 1. The lowest BCUT2D eigenvalue weighted by atomic mass is 9.65. The highest BCUT2D eigenvalue weighted by atomic mass is 16.3. The molecular formula is C21H40O. The van der Waals surface area contributed by atoms with E-state index in [2.05, 4.69) is 27.7 Å². The minimum absolute atomic E-state index is 0.169. The van der Waals surface area contributed by atoms with Crippen LogP contribution in [-0.4, -0.2) is 11.2 Å². The monoisotopic (exact) mass is 308 g/mol. The first-order valence-corrected chi connectivity index (χ1v) is 10.1. The first kappa shape index (κ1) is 18.3. The number of rotatable bonds is 5. The Morgan fingerprint density at radius 2 is 1.14 bits per heavy atom. The Kier molecular flexibility index (Phi) is 6.80. The summed E-state index contributed by atoms with van der Waals surface area (Å²) in [6.07, 6.45) is 11.6. The lowest BCUT2D eigenvalue weighted by Gasteiger charge is -2.41. The maximum atomic E-state index is 9.87. The van der Waals surface area contributed by atoms with Crippen molar-refractivity contribution >= 4 is 0 Å². The highest BCUT2D eigenvalue weighted by Crippen LogP contribution is 2.44. The first-order valence-electron chi connectivity index (χ1n) is 10.1. The molecule has 0 amide bonds. The van der Waals surface area contributed by atoms with Crippen LogP contribution < -0.4 is 0 Å². The molecule has 0 spiro atoms. The zero-order chi connectivity index (χ0) is 16.3. The van der Waals surface area contributed by atoms with Gasteiger partial charge in [0.2, 0.25) is 0 Å². The van der Waals surface area contributed by atoms with Gasteiger partial charge in [-0.3, -0.25) is 0 Å². The van der Waals surface area contributed by atoms with Crippen LogP contribution in [0.3, 0.4) is 0 Å². The largest absolute Gasteiger partial charge is 0.393 e. The van der Waals surface area contributed by atoms with E-state index in [1.807, 2.05) is 6.92 Å². The summed E-state index contributed by atoms with van der Waals surface area (Å²) in [6.45, 7) is 11.4. The van der Waals surface area contributed by atoms with Crippen LogP contribution in [0.15, 0.2) is 0 Å². The Labute approximate surface area is 139 Å². The maximum Gasteiger partial charge on any atom is 0.0540 e. The molecule has 2 saturated carbocycles. The molecule has 0 aromatic heterocycles. The zero-order valence-corrected chi connectivity index (χ0v) is 15.7. The van der Waals surface area contributed by atoms with Crippen LogP contribution >= 0.6 is 0 Å². The number of aliphatic hydroxyl groups excluding tert-OH is 1. The van der Waals surface area contributed by atoms with E-state index in [1.165, 1.54) is 51.4 Å². The van der Waals surface area contributed by atoms with Gasteiger partial charge in [-0.05, 0) is 86.9 Å². The van der Waals surface area contributed by atoms with E-state index < -0.39 is 0 Å². The van der Waals surface area contributed by atoms with Gasteiger partial charge in [-0.25, -0.2) is 0 Å². The van der Waals surface area contributed by atoms with Crippen LogP contribution in [0.2, 0.25) is 0 Å². The Hall–Kier alpha value is -0.0400. The molecule has 0 bridgehead atoms. The van der Waals surface area contributed by atoms with Crippen LogP contribution in [0, 0.1) is 41.4 Å². The van der Waals surface area contributed by atoms with Gasteiger partial charge in [0.1, 0.15) is 0 Å². The van der Waals surface area contributed by atoms with E-state index in [1.54, 1.807) is 0 Å². The van der Waals surface area contributed by atoms with Crippen molar-refractivity contribution in [3.63, 3.8) is 0 Å². The summed E-state index contributed by atoms with van der Waals surface area (Å²) >= 11 is 0. The number of hydrogen-bond donors (Lipinski definition) is 1. The quantitative estimate of drug-likeness (QED) is 0.669. The minimum atomic E-state index is -0.169. The summed E-state index contributed by atoms with van der Waals surface area (Å²) in [7, 11) is 0. The van der Waals surface area contributed by atoms with E-state index in [4.69, 9.17) is 0 Å². The summed E-state index contributed by atoms with van der Waals surface area (Å²) in [5, 5.41) is 9.87. The summed E-state index contributed by atoms with van der Waals surface area (Å²) in [6, 6.07) is 0. The zero-order valence-electron chi connectivity index (χ0n) is 15.7. The Bertz CT molecular complexity index is 308. The second-order valence-corrected chi connectivity index (χ2v) is 9.01. The molecule has 2 rings (SSSR count). The molecule has 2 fully saturated rings. The molecule has 130 valence electrons. The van der Waals surface area contributed by atoms with Crippen molar-refractivity contribution in [1.82, 2.24) is 0 Å². The molecule has 0 radical (unpaired) electrons. The predicted molar refractivity (Wildman–Crippen MR) is 95.7 cm³/mol. The van der Waals surface area contributed by atoms with Gasteiger partial charge in [0.05, 0.1) is 6.10 Å². The second kappa shape index (κ2) is 8.18. The van der Waals surface area contributed by atoms with Gasteiger partial charge < -0.3 is 5.11 Å². The van der Waals surface area contributed by atoms with Crippen LogP contribution in [0.4, 0.5) is 0 Å². The molecule has 2 aliphatic rings. The lowest BCUT2D eigenvalue weighted by Crippen LogP contribution is -2.33. The lowest BCUT2D eigenvalue weighted by molar-refractivity contribution is 0.0534. The molecule has 2 aliphatic carbocycles. The van der Waals surface area contributed by atoms with Crippen LogP contribution in [0.1, 0.15) is 86.0 Å². The van der Waals surface area contributed by atoms with E-state index >= 15 is 0 Å². The SMILES string of the molecule is CC1CCC(C2CCC(C(C)C(C)C(C)C(C)O)CC2)CC1. The molecule has 0 saturated heterocycles. The van der Waals surface area contributed by atoms with Gasteiger partial charge in [-0.1, -0.05) is 40.5 Å². The van der Waals surface area contributed by atoms with Gasteiger partial charge in [0.25, 0.3) is 0 Å². The maximum absolute atomic E-state index is 9.87. The molecule has 1 N–H and O–H groups in total. The van der Waals surface area contributed by atoms with Crippen LogP contribution in [-0.2, 0) is 0 Å². The first-order chi connectivity index (χ1) is 10.4. The van der Waals surface area contributed by atoms with Gasteiger partial charge in [-0.15, -0.1) is 0 Å². The van der Waals surface area contributed by atoms with Gasteiger partial charge >= 0.3 is 0 Å². The second-order valence-electron chi connectivity index (χ2n) is 9.01. The summed E-state index contributed by atoms with van der Waals surface area (Å²) in [5.41, 5.74) is 0. The fourth-order valence-electron chi connectivity index (χ4n) is 5.25. The van der Waals surface area contributed by atoms with Crippen molar-refractivity contribution in [2.45, 2.75) is 92.1 Å². The molecule has 1 nitrogen and oxygen atoms in total. The predicted octanol–water partition coefficient (Wildman–Crippen LogP) is 5.91. The fourth-order valence-corrected chi connectivity index (χ4v) is 5.25. The average molecular weight is 309 g/mol. The molecular weight excluding hydrogens is 268 g/mol. The normalized spacial score (nSPS) is 39.0. The van der Waals surface area contributed by atoms with Gasteiger partial charge in [0.15, 0.2) is 0 Å². The minimum Gasteiger partial charge on any atom is -0.393 e. The topological polar surface area (TPSA) is 20.2 Å². The van der Waals surface area contributed by atoms with Crippen LogP contribution in [0.25, 0.3) is 0 Å². The summed E-state index contributed by atoms with van der Waals surface area (Å²) < 4.78 is 0. The van der Waals surface area contributed by atoms with E-state index in [0.29, 0.717) is 11.8 Å². The fraction of sp³-hybridized carbons (Fsp3) is 1.00. The smallest absolute Gasteiger partial charge is 0.0540 e. The number of hydrogen-bond acceptors (Lipinski definition) is 1. The van der Waals surface area contributed by atoms with E-state index in [-0.39, 0.29) is 6.10 Å². The van der Waals surface area contributed by atoms with Crippen molar-refractivity contribution in [3.05, 3.63) is 0 Å². The average Bonchev–Trinajstić information content (AvgIpc) is 2.53. The summed E-state index contributed by atoms with van der Waals surface area (Å²) in [4.78, 5) is 0. The Morgan fingerprint density at radius 3 is 1.59 bits per heavy atom. The van der Waals surface area contributed by atoms with Crippen molar-refractivity contribution in [2.24, 2.45) is 41.4 Å². The van der Waals surface area contributed by atoms with Crippen molar-refractivity contribution in [1.29, 1.82) is 0 Å². The van der Waals surface area contributed by atoms with Crippen molar-refractivity contribution < 1.29 is 5.11 Å². The third kappa shape index (κ3) is 4.49. The van der Waals surface area contributed by atoms with Crippen molar-refractivity contribution in [2.75, 3.05) is 0 Å². The highest BCUT2D eigenvalue weighted by Gasteiger charge is 2.34. The van der Waals surface area contributed by atoms with E-state index in [0.717, 1.165) is 29.6 Å².